The zero-order valence-electron chi connectivity index (χ0n) is 20.7. The maximum absolute atomic E-state index is 13.1. The van der Waals surface area contributed by atoms with Crippen molar-refractivity contribution in [3.63, 3.8) is 0 Å². The highest BCUT2D eigenvalue weighted by Gasteiger charge is 2.18. The number of amides is 1. The van der Waals surface area contributed by atoms with Crippen LogP contribution in [-0.4, -0.2) is 30.5 Å². The molecule has 3 heterocycles. The van der Waals surface area contributed by atoms with Gasteiger partial charge in [-0.1, -0.05) is 53.6 Å². The minimum absolute atomic E-state index is 0.0515. The van der Waals surface area contributed by atoms with Gasteiger partial charge >= 0.3 is 0 Å². The molecule has 0 saturated carbocycles. The summed E-state index contributed by atoms with van der Waals surface area (Å²) in [5.41, 5.74) is 8.33. The summed E-state index contributed by atoms with van der Waals surface area (Å²) >= 11 is 6.00. The fourth-order valence-corrected chi connectivity index (χ4v) is 4.60. The van der Waals surface area contributed by atoms with Crippen molar-refractivity contribution in [2.75, 3.05) is 5.32 Å². The first-order valence-electron chi connectivity index (χ1n) is 11.8. The lowest BCUT2D eigenvalue weighted by Crippen LogP contribution is -2.20. The molecule has 0 spiro atoms. The minimum atomic E-state index is -0.181. The average Bonchev–Trinajstić information content (AvgIpc) is 3.31. The molecule has 0 aliphatic heterocycles. The molecule has 0 radical (unpaired) electrons. The molecular formula is C28H27ClN6O. The molecule has 7 nitrogen and oxygen atoms in total. The Balaban J connectivity index is 1.38. The number of fused-ring (bicyclic) bond motifs is 1. The van der Waals surface area contributed by atoms with E-state index in [9.17, 15) is 4.79 Å². The molecule has 1 N–H and O–H groups in total. The third-order valence-corrected chi connectivity index (χ3v) is 6.61. The zero-order valence-corrected chi connectivity index (χ0v) is 21.5. The Morgan fingerprint density at radius 2 is 1.58 bits per heavy atom. The molecule has 5 rings (SSSR count). The van der Waals surface area contributed by atoms with Crippen LogP contribution >= 0.6 is 11.6 Å². The Morgan fingerprint density at radius 1 is 0.889 bits per heavy atom. The molecular weight excluding hydrogens is 472 g/mol. The number of nitrogens with zero attached hydrogens (tertiary/aromatic N) is 5. The third kappa shape index (κ3) is 4.62. The van der Waals surface area contributed by atoms with Gasteiger partial charge in [0.15, 0.2) is 5.65 Å². The maximum atomic E-state index is 13.1. The molecule has 182 valence electrons. The second-order valence-electron chi connectivity index (χ2n) is 9.04. The van der Waals surface area contributed by atoms with Gasteiger partial charge in [-0.2, -0.15) is 10.2 Å². The van der Waals surface area contributed by atoms with E-state index in [1.807, 2.05) is 55.8 Å². The number of carbonyl (C=O) groups is 1. The van der Waals surface area contributed by atoms with Crippen molar-refractivity contribution in [1.82, 2.24) is 24.5 Å². The number of hydrogen-bond acceptors (Lipinski definition) is 4. The number of hydrogen-bond donors (Lipinski definition) is 1. The van der Waals surface area contributed by atoms with Gasteiger partial charge in [-0.25, -0.2) is 9.67 Å². The molecule has 0 fully saturated rings. The first-order chi connectivity index (χ1) is 17.3. The number of aromatic nitrogens is 5. The van der Waals surface area contributed by atoms with Crippen LogP contribution in [0.3, 0.4) is 0 Å². The predicted octanol–water partition coefficient (Wildman–Crippen LogP) is 5.87. The SMILES string of the molecule is Cc1ccc(-c2ccnc3c2c(C)nn3CC(=O)Nc2c(C)nn(Cc3ccc(Cl)cc3)c2C)cc1. The Morgan fingerprint density at radius 3 is 2.31 bits per heavy atom. The Bertz CT molecular complexity index is 1560. The lowest BCUT2D eigenvalue weighted by atomic mass is 10.0. The monoisotopic (exact) mass is 498 g/mol. The van der Waals surface area contributed by atoms with Crippen LogP contribution in [0.2, 0.25) is 5.02 Å². The summed E-state index contributed by atoms with van der Waals surface area (Å²) < 4.78 is 3.55. The summed E-state index contributed by atoms with van der Waals surface area (Å²) in [5, 5.41) is 14.0. The van der Waals surface area contributed by atoms with Crippen molar-refractivity contribution in [2.45, 2.75) is 40.8 Å². The van der Waals surface area contributed by atoms with Crippen LogP contribution in [-0.2, 0) is 17.9 Å². The van der Waals surface area contributed by atoms with Gasteiger partial charge in [0.1, 0.15) is 6.54 Å². The smallest absolute Gasteiger partial charge is 0.246 e. The summed E-state index contributed by atoms with van der Waals surface area (Å²) in [6.45, 7) is 8.51. The number of benzene rings is 2. The molecule has 0 saturated heterocycles. The third-order valence-electron chi connectivity index (χ3n) is 6.36. The van der Waals surface area contributed by atoms with Gasteiger partial charge in [0.05, 0.1) is 29.3 Å². The largest absolute Gasteiger partial charge is 0.321 e. The van der Waals surface area contributed by atoms with Crippen molar-refractivity contribution in [2.24, 2.45) is 0 Å². The van der Waals surface area contributed by atoms with Crippen molar-refractivity contribution in [1.29, 1.82) is 0 Å². The predicted molar refractivity (Wildman–Crippen MR) is 143 cm³/mol. The van der Waals surface area contributed by atoms with Gasteiger partial charge in [-0.3, -0.25) is 9.48 Å². The highest BCUT2D eigenvalue weighted by molar-refractivity contribution is 6.30. The number of carbonyl (C=O) groups excluding carboxylic acids is 1. The minimum Gasteiger partial charge on any atom is -0.321 e. The number of pyridine rings is 1. The number of anilines is 1. The van der Waals surface area contributed by atoms with Gasteiger partial charge in [0, 0.05) is 16.6 Å². The van der Waals surface area contributed by atoms with E-state index >= 15 is 0 Å². The van der Waals surface area contributed by atoms with Crippen LogP contribution in [0.1, 0.15) is 28.2 Å². The Labute approximate surface area is 214 Å². The quantitative estimate of drug-likeness (QED) is 0.317. The van der Waals surface area contributed by atoms with Gasteiger partial charge in [0.2, 0.25) is 5.91 Å². The summed E-state index contributed by atoms with van der Waals surface area (Å²) in [6, 6.07) is 18.0. The van der Waals surface area contributed by atoms with E-state index in [0.717, 1.165) is 44.8 Å². The van der Waals surface area contributed by atoms with Crippen LogP contribution in [0.4, 0.5) is 5.69 Å². The van der Waals surface area contributed by atoms with Crippen LogP contribution in [0.15, 0.2) is 60.8 Å². The van der Waals surface area contributed by atoms with E-state index in [4.69, 9.17) is 11.6 Å². The fraction of sp³-hybridized carbons (Fsp3) is 0.214. The Hall–Kier alpha value is -3.97. The lowest BCUT2D eigenvalue weighted by molar-refractivity contribution is -0.116. The molecule has 36 heavy (non-hydrogen) atoms. The highest BCUT2D eigenvalue weighted by atomic mass is 35.5. The molecule has 0 aliphatic carbocycles. The standard InChI is InChI=1S/C28H27ClN6O/c1-17-5-9-22(10-6-17)24-13-14-30-28-26(24)18(2)32-35(28)16-25(36)31-27-19(3)33-34(20(27)4)15-21-7-11-23(29)12-8-21/h5-14H,15-16H2,1-4H3,(H,31,36). The van der Waals surface area contributed by atoms with E-state index in [0.29, 0.717) is 17.2 Å². The van der Waals surface area contributed by atoms with Gasteiger partial charge in [0.25, 0.3) is 0 Å². The maximum Gasteiger partial charge on any atom is 0.246 e. The van der Waals surface area contributed by atoms with Gasteiger partial charge in [-0.05, 0) is 62.6 Å². The molecule has 1 amide bonds. The van der Waals surface area contributed by atoms with Crippen molar-refractivity contribution in [3.05, 3.63) is 94.0 Å². The Kier molecular flexibility index (Phi) is 6.33. The second kappa shape index (κ2) is 9.59. The van der Waals surface area contributed by atoms with E-state index in [-0.39, 0.29) is 12.5 Å². The first-order valence-corrected chi connectivity index (χ1v) is 12.2. The van der Waals surface area contributed by atoms with E-state index < -0.39 is 0 Å². The second-order valence-corrected chi connectivity index (χ2v) is 9.48. The highest BCUT2D eigenvalue weighted by Crippen LogP contribution is 2.30. The molecule has 0 unspecified atom stereocenters. The summed E-state index contributed by atoms with van der Waals surface area (Å²) in [4.78, 5) is 17.6. The van der Waals surface area contributed by atoms with Gasteiger partial charge in [-0.15, -0.1) is 0 Å². The molecule has 0 atom stereocenters. The summed E-state index contributed by atoms with van der Waals surface area (Å²) in [6.07, 6.45) is 1.77. The molecule has 0 aliphatic rings. The topological polar surface area (TPSA) is 77.6 Å². The number of aryl methyl sites for hydroxylation is 3. The summed E-state index contributed by atoms with van der Waals surface area (Å²) in [7, 11) is 0. The van der Waals surface area contributed by atoms with E-state index in [1.54, 1.807) is 10.9 Å². The fourth-order valence-electron chi connectivity index (χ4n) is 4.47. The molecule has 8 heteroatoms. The zero-order chi connectivity index (χ0) is 25.4. The van der Waals surface area contributed by atoms with E-state index in [2.05, 4.69) is 51.7 Å². The van der Waals surface area contributed by atoms with Crippen molar-refractivity contribution in [3.8, 4) is 11.1 Å². The molecule has 5 aromatic rings. The normalized spacial score (nSPS) is 11.2. The number of nitrogens with one attached hydrogen (secondary N) is 1. The van der Waals surface area contributed by atoms with Crippen LogP contribution in [0.25, 0.3) is 22.2 Å². The number of rotatable bonds is 6. The lowest BCUT2D eigenvalue weighted by Gasteiger charge is -2.08. The van der Waals surface area contributed by atoms with Crippen LogP contribution in [0.5, 0.6) is 0 Å². The number of halogens is 1. The van der Waals surface area contributed by atoms with Gasteiger partial charge < -0.3 is 5.32 Å². The molecule has 2 aromatic carbocycles. The molecule has 0 bridgehead atoms. The first kappa shape index (κ1) is 23.8. The van der Waals surface area contributed by atoms with Crippen molar-refractivity contribution < 1.29 is 4.79 Å². The summed E-state index contributed by atoms with van der Waals surface area (Å²) in [5.74, 6) is -0.181. The van der Waals surface area contributed by atoms with Crippen LogP contribution < -0.4 is 5.32 Å². The van der Waals surface area contributed by atoms with E-state index in [1.165, 1.54) is 5.56 Å². The van der Waals surface area contributed by atoms with Crippen molar-refractivity contribution >= 4 is 34.2 Å². The molecule has 3 aromatic heterocycles. The van der Waals surface area contributed by atoms with Crippen LogP contribution in [0, 0.1) is 27.7 Å². The average molecular weight is 499 g/mol.